The summed E-state index contributed by atoms with van der Waals surface area (Å²) in [6.07, 6.45) is 5.46. The van der Waals surface area contributed by atoms with Crippen LogP contribution in [0.2, 0.25) is 50.4 Å². The Balaban J connectivity index is 3.68. The van der Waals surface area contributed by atoms with Gasteiger partial charge in [-0.3, -0.25) is 0 Å². The van der Waals surface area contributed by atoms with Gasteiger partial charge in [-0.1, -0.05) is 19.4 Å². The summed E-state index contributed by atoms with van der Waals surface area (Å²) in [6.45, 7) is 1.07. The van der Waals surface area contributed by atoms with Crippen molar-refractivity contribution in [3.05, 3.63) is 33.9 Å². The summed E-state index contributed by atoms with van der Waals surface area (Å²) < 4.78 is 0. The minimum absolute atomic E-state index is 0.785. The molecule has 0 aliphatic rings. The molecule has 1 rings (SSSR count). The minimum Gasteiger partial charge on any atom is -0.146 e. The number of hydrogen-bond acceptors (Lipinski definition) is 0. The van der Waals surface area contributed by atoms with Crippen molar-refractivity contribution in [2.75, 3.05) is 0 Å². The molecule has 0 aromatic heterocycles. The topological polar surface area (TPSA) is 0 Å². The van der Waals surface area contributed by atoms with Crippen LogP contribution in [0.25, 0.3) is 0 Å². The smallest absolute Gasteiger partial charge is 0.146 e. The van der Waals surface area contributed by atoms with Crippen molar-refractivity contribution in [1.29, 1.82) is 0 Å². The molecule has 0 heterocycles. The summed E-state index contributed by atoms with van der Waals surface area (Å²) in [5.74, 6) is 0. The van der Waals surface area contributed by atoms with Crippen molar-refractivity contribution in [3.63, 3.8) is 0 Å². The second-order valence-electron chi connectivity index (χ2n) is 9.66. The van der Waals surface area contributed by atoms with Crippen molar-refractivity contribution < 1.29 is 0 Å². The molecule has 0 atom stereocenters. The van der Waals surface area contributed by atoms with Crippen LogP contribution in [0.4, 0.5) is 0 Å². The number of halogens is 8. The van der Waals surface area contributed by atoms with Crippen molar-refractivity contribution in [3.8, 4) is 0 Å². The van der Waals surface area contributed by atoms with E-state index in [1.807, 2.05) is 26.2 Å². The molecule has 0 aliphatic carbocycles. The molecule has 0 saturated carbocycles. The molecule has 0 unspecified atom stereocenters. The normalized spacial score (nSPS) is 13.6. The molecule has 0 radical (unpaired) electrons. The summed E-state index contributed by atoms with van der Waals surface area (Å²) in [7, 11) is 0. The Morgan fingerprint density at radius 1 is 0.485 bits per heavy atom. The summed E-state index contributed by atoms with van der Waals surface area (Å²) in [5, 5.41) is 0. The molecule has 0 saturated heterocycles. The number of benzene rings is 1. The molecule has 0 N–H and O–H groups in total. The van der Waals surface area contributed by atoms with Gasteiger partial charge in [-0.05, 0) is 110 Å². The first-order valence-corrected chi connectivity index (χ1v) is 30.4. The largest absolute Gasteiger partial charge is 0.248 e. The fraction of sp³-hybridized carbons (Fsp3) is 0.714. The molecule has 0 nitrogen and oxygen atoms in total. The molecule has 0 bridgehead atoms. The van der Waals surface area contributed by atoms with Gasteiger partial charge in [-0.25, -0.2) is 0 Å². The number of hydrogen-bond donors (Lipinski definition) is 0. The maximum Gasteiger partial charge on any atom is 0.248 e. The van der Waals surface area contributed by atoms with E-state index in [9.17, 15) is 0 Å². The zero-order valence-corrected chi connectivity index (χ0v) is 30.2. The Morgan fingerprint density at radius 2 is 0.788 bits per heavy atom. The maximum absolute atomic E-state index is 6.55. The van der Waals surface area contributed by atoms with Crippen LogP contribution in [0.15, 0.2) is 6.07 Å². The van der Waals surface area contributed by atoms with Crippen LogP contribution in [0, 0.1) is 0 Å². The number of rotatable bonds is 14. The van der Waals surface area contributed by atoms with Crippen LogP contribution in [-0.4, -0.2) is 26.8 Å². The van der Waals surface area contributed by atoms with Gasteiger partial charge in [-0.2, -0.15) is 0 Å². The van der Waals surface area contributed by atoms with Crippen LogP contribution in [0.5, 0.6) is 0 Å². The van der Waals surface area contributed by atoms with Gasteiger partial charge in [0.1, 0.15) is 0 Å². The van der Waals surface area contributed by atoms with E-state index in [1.165, 1.54) is 27.8 Å². The van der Waals surface area contributed by atoms with E-state index in [4.69, 9.17) is 88.6 Å². The zero-order chi connectivity index (χ0) is 25.7. The van der Waals surface area contributed by atoms with Gasteiger partial charge in [0.15, 0.2) is 0 Å². The van der Waals surface area contributed by atoms with Gasteiger partial charge in [0.2, 0.25) is 26.8 Å². The van der Waals surface area contributed by atoms with E-state index in [-0.39, 0.29) is 0 Å². The lowest BCUT2D eigenvalue weighted by atomic mass is 9.85. The fourth-order valence-corrected chi connectivity index (χ4v) is 9.03. The van der Waals surface area contributed by atoms with Crippen molar-refractivity contribution in [2.24, 2.45) is 0 Å². The summed E-state index contributed by atoms with van der Waals surface area (Å²) in [4.78, 5) is 0. The van der Waals surface area contributed by atoms with E-state index >= 15 is 0 Å². The maximum atomic E-state index is 6.55. The first kappa shape index (κ1) is 33.4. The lowest BCUT2D eigenvalue weighted by molar-refractivity contribution is 0.860. The van der Waals surface area contributed by atoms with E-state index < -0.39 is 26.8 Å². The zero-order valence-electron chi connectivity index (χ0n) is 20.2. The average molecular weight is 684 g/mol. The molecular weight excluding hydrogens is 648 g/mol. The van der Waals surface area contributed by atoms with Crippen LogP contribution < -0.4 is 0 Å². The second-order valence-corrected chi connectivity index (χ2v) is 42.6. The molecule has 0 fully saturated rings. The molecule has 33 heavy (non-hydrogen) atoms. The van der Waals surface area contributed by atoms with Crippen LogP contribution in [0.3, 0.4) is 0 Å². The molecule has 0 aliphatic heterocycles. The van der Waals surface area contributed by atoms with E-state index in [0.717, 1.165) is 62.7 Å². The summed E-state index contributed by atoms with van der Waals surface area (Å²) >= 11 is 52.2. The summed E-state index contributed by atoms with van der Waals surface area (Å²) in [5.41, 5.74) is 6.73. The Hall–Kier alpha value is 2.41. The third kappa shape index (κ3) is 14.8. The standard InChI is InChI=1S/C21H36Cl8Si4/c1-6-7-17-16-18(8-12-30(2,22)23)20(10-14-32(4,26)27)21(11-15-33(5,28)29)19(17)9-13-31(3,24)25/h16H,6-15H2,1-5H3. The first-order chi connectivity index (χ1) is 14.8. The lowest BCUT2D eigenvalue weighted by Crippen LogP contribution is -2.21. The molecule has 0 spiro atoms. The lowest BCUT2D eigenvalue weighted by Gasteiger charge is -2.26. The molecular formula is C21H36Cl8Si4. The number of aryl methyl sites for hydroxylation is 2. The van der Waals surface area contributed by atoms with Gasteiger partial charge >= 0.3 is 0 Å². The molecule has 0 amide bonds. The Morgan fingerprint density at radius 3 is 1.12 bits per heavy atom. The van der Waals surface area contributed by atoms with Crippen molar-refractivity contribution in [2.45, 2.75) is 95.8 Å². The highest BCUT2D eigenvalue weighted by Gasteiger charge is 2.29. The van der Waals surface area contributed by atoms with Gasteiger partial charge in [0.05, 0.1) is 0 Å². The van der Waals surface area contributed by atoms with E-state index in [0.29, 0.717) is 0 Å². The molecule has 1 aromatic carbocycles. The summed E-state index contributed by atoms with van der Waals surface area (Å²) in [6, 6.07) is 5.55. The Bertz CT molecular complexity index is 762. The molecule has 1 aromatic rings. The first-order valence-electron chi connectivity index (χ1n) is 11.5. The predicted octanol–water partition coefficient (Wildman–Crippen LogP) is 11.0. The second kappa shape index (κ2) is 14.0. The van der Waals surface area contributed by atoms with Gasteiger partial charge < -0.3 is 0 Å². The molecule has 12 heteroatoms. The highest BCUT2D eigenvalue weighted by atomic mass is 35.7. The van der Waals surface area contributed by atoms with Gasteiger partial charge in [-0.15, -0.1) is 88.6 Å². The average Bonchev–Trinajstić information content (AvgIpc) is 2.59. The van der Waals surface area contributed by atoms with Crippen molar-refractivity contribution >= 4 is 115 Å². The Labute approximate surface area is 242 Å². The SMILES string of the molecule is CCCc1cc(CC[Si](C)(Cl)Cl)c(CC[Si](C)(Cl)Cl)c(CC[Si](C)(Cl)Cl)c1CC[Si](C)(Cl)Cl. The highest BCUT2D eigenvalue weighted by molar-refractivity contribution is 7.46. The predicted molar refractivity (Wildman–Crippen MR) is 168 cm³/mol. The third-order valence-corrected chi connectivity index (χ3v) is 14.7. The minimum atomic E-state index is -2.28. The van der Waals surface area contributed by atoms with Gasteiger partial charge in [0, 0.05) is 0 Å². The quantitative estimate of drug-likeness (QED) is 0.135. The third-order valence-electron chi connectivity index (χ3n) is 5.65. The van der Waals surface area contributed by atoms with Crippen molar-refractivity contribution in [1.82, 2.24) is 0 Å². The van der Waals surface area contributed by atoms with Crippen LogP contribution >= 0.6 is 88.6 Å². The molecule has 192 valence electrons. The van der Waals surface area contributed by atoms with Crippen LogP contribution in [-0.2, 0) is 32.1 Å². The van der Waals surface area contributed by atoms with E-state index in [2.05, 4.69) is 13.0 Å². The monoisotopic (exact) mass is 680 g/mol. The highest BCUT2D eigenvalue weighted by Crippen LogP contribution is 2.36. The van der Waals surface area contributed by atoms with E-state index in [1.54, 1.807) is 0 Å². The Kier molecular flexibility index (Phi) is 14.2. The van der Waals surface area contributed by atoms with Crippen LogP contribution in [0.1, 0.15) is 41.2 Å². The van der Waals surface area contributed by atoms with Gasteiger partial charge in [0.25, 0.3) is 0 Å². The fourth-order valence-electron chi connectivity index (χ4n) is 3.98.